The monoisotopic (exact) mass is 338 g/mol. The van der Waals surface area contributed by atoms with Crippen LogP contribution in [-0.4, -0.2) is 64.1 Å². The van der Waals surface area contributed by atoms with Gasteiger partial charge in [-0.15, -0.1) is 0 Å². The summed E-state index contributed by atoms with van der Waals surface area (Å²) in [7, 11) is 4.90. The Labute approximate surface area is 144 Å². The molecule has 6 nitrogen and oxygen atoms in total. The molecule has 0 unspecified atom stereocenters. The third-order valence-electron chi connectivity index (χ3n) is 4.69. The second-order valence-corrected chi connectivity index (χ2v) is 6.78. The van der Waals surface area contributed by atoms with Crippen LogP contribution in [0.15, 0.2) is 12.1 Å². The summed E-state index contributed by atoms with van der Waals surface area (Å²) in [4.78, 5) is 2.40. The number of methoxy groups -OCH3 is 3. The van der Waals surface area contributed by atoms with Crippen LogP contribution in [0.4, 0.5) is 0 Å². The number of rotatable bonds is 7. The molecule has 6 heteroatoms. The first-order valence-corrected chi connectivity index (χ1v) is 8.34. The van der Waals surface area contributed by atoms with E-state index in [1.54, 1.807) is 21.3 Å². The number of nitrogens with zero attached hydrogens (tertiary/aromatic N) is 1. The Hall–Kier alpha value is -1.50. The zero-order valence-corrected chi connectivity index (χ0v) is 15.4. The van der Waals surface area contributed by atoms with E-state index in [1.165, 1.54) is 0 Å². The largest absolute Gasteiger partial charge is 0.496 e. The van der Waals surface area contributed by atoms with Crippen LogP contribution in [0.2, 0.25) is 0 Å². The molecular weight excluding hydrogens is 308 g/mol. The van der Waals surface area contributed by atoms with Crippen molar-refractivity contribution in [3.63, 3.8) is 0 Å². The van der Waals surface area contributed by atoms with Gasteiger partial charge in [-0.25, -0.2) is 0 Å². The van der Waals surface area contributed by atoms with Crippen molar-refractivity contribution in [2.75, 3.05) is 54.1 Å². The fourth-order valence-electron chi connectivity index (χ4n) is 3.41. The van der Waals surface area contributed by atoms with Gasteiger partial charge in [0.2, 0.25) is 0 Å². The third kappa shape index (κ3) is 3.77. The lowest BCUT2D eigenvalue weighted by molar-refractivity contribution is 0.0291. The Bertz CT molecular complexity index is 542. The molecule has 1 aromatic rings. The van der Waals surface area contributed by atoms with Crippen LogP contribution in [0, 0.1) is 5.41 Å². The molecular formula is C18H30N2O4. The van der Waals surface area contributed by atoms with Gasteiger partial charge >= 0.3 is 0 Å². The van der Waals surface area contributed by atoms with Gasteiger partial charge in [-0.1, -0.05) is 13.8 Å². The van der Waals surface area contributed by atoms with Crippen LogP contribution in [0.3, 0.4) is 0 Å². The van der Waals surface area contributed by atoms with Crippen molar-refractivity contribution in [3.05, 3.63) is 17.7 Å². The zero-order valence-electron chi connectivity index (χ0n) is 15.4. The van der Waals surface area contributed by atoms with Gasteiger partial charge in [0.15, 0.2) is 11.5 Å². The first-order valence-electron chi connectivity index (χ1n) is 8.34. The predicted octanol–water partition coefficient (Wildman–Crippen LogP) is 1.68. The molecule has 2 N–H and O–H groups in total. The molecule has 1 saturated heterocycles. The highest BCUT2D eigenvalue weighted by Crippen LogP contribution is 2.46. The number of benzene rings is 1. The van der Waals surface area contributed by atoms with Gasteiger partial charge < -0.3 is 24.6 Å². The van der Waals surface area contributed by atoms with Crippen molar-refractivity contribution in [1.82, 2.24) is 10.2 Å². The van der Waals surface area contributed by atoms with Gasteiger partial charge in [0.05, 0.1) is 21.3 Å². The maximum absolute atomic E-state index is 10.0. The van der Waals surface area contributed by atoms with Crippen LogP contribution >= 0.6 is 0 Å². The number of ether oxygens (including phenoxy) is 3. The Morgan fingerprint density at radius 3 is 2.08 bits per heavy atom. The van der Waals surface area contributed by atoms with E-state index >= 15 is 0 Å². The summed E-state index contributed by atoms with van der Waals surface area (Å²) in [5.41, 5.74) is 0.681. The van der Waals surface area contributed by atoms with E-state index in [0.717, 1.165) is 37.5 Å². The highest BCUT2D eigenvalue weighted by molar-refractivity contribution is 5.52. The average molecular weight is 338 g/mol. The van der Waals surface area contributed by atoms with E-state index in [4.69, 9.17) is 14.2 Å². The molecule has 0 bridgehead atoms. The normalized spacial score (nSPS) is 17.4. The lowest BCUT2D eigenvalue weighted by atomic mass is 9.79. The molecule has 136 valence electrons. The highest BCUT2D eigenvalue weighted by Gasteiger charge is 2.38. The van der Waals surface area contributed by atoms with Crippen molar-refractivity contribution in [2.24, 2.45) is 5.41 Å². The summed E-state index contributed by atoms with van der Waals surface area (Å²) in [6.07, 6.45) is 0. The first kappa shape index (κ1) is 18.8. The molecule has 0 amide bonds. The molecule has 1 heterocycles. The van der Waals surface area contributed by atoms with Gasteiger partial charge in [0, 0.05) is 55.9 Å². The summed E-state index contributed by atoms with van der Waals surface area (Å²) in [5.74, 6) is 2.05. The Kier molecular flexibility index (Phi) is 6.32. The minimum atomic E-state index is -0.329. The van der Waals surface area contributed by atoms with Gasteiger partial charge in [0.25, 0.3) is 0 Å². The molecule has 0 spiro atoms. The maximum Gasteiger partial charge on any atom is 0.164 e. The number of nitrogens with one attached hydrogen (secondary N) is 1. The lowest BCUT2D eigenvalue weighted by Gasteiger charge is -2.44. The molecule has 2 rings (SSSR count). The van der Waals surface area contributed by atoms with E-state index in [2.05, 4.69) is 24.1 Å². The summed E-state index contributed by atoms with van der Waals surface area (Å²) < 4.78 is 16.5. The number of piperazine rings is 1. The van der Waals surface area contributed by atoms with Crippen molar-refractivity contribution in [1.29, 1.82) is 0 Å². The van der Waals surface area contributed by atoms with Crippen LogP contribution in [0.1, 0.15) is 25.5 Å². The Balaban J connectivity index is 2.55. The average Bonchev–Trinajstić information content (AvgIpc) is 2.62. The van der Waals surface area contributed by atoms with E-state index in [0.29, 0.717) is 11.5 Å². The van der Waals surface area contributed by atoms with Crippen molar-refractivity contribution in [2.45, 2.75) is 19.9 Å². The summed E-state index contributed by atoms with van der Waals surface area (Å²) in [5, 5.41) is 13.4. The minimum absolute atomic E-state index is 0.0133. The molecule has 24 heavy (non-hydrogen) atoms. The third-order valence-corrected chi connectivity index (χ3v) is 4.69. The molecule has 1 aromatic carbocycles. The van der Waals surface area contributed by atoms with E-state index in [-0.39, 0.29) is 18.1 Å². The minimum Gasteiger partial charge on any atom is -0.496 e. The molecule has 0 aliphatic carbocycles. The number of hydrogen-bond acceptors (Lipinski definition) is 6. The summed E-state index contributed by atoms with van der Waals surface area (Å²) >= 11 is 0. The molecule has 1 aliphatic rings. The van der Waals surface area contributed by atoms with Crippen LogP contribution in [-0.2, 0) is 0 Å². The van der Waals surface area contributed by atoms with Gasteiger partial charge in [-0.05, 0) is 6.07 Å². The van der Waals surface area contributed by atoms with Gasteiger partial charge in [0.1, 0.15) is 5.75 Å². The topological polar surface area (TPSA) is 63.2 Å². The Morgan fingerprint density at radius 2 is 1.58 bits per heavy atom. The molecule has 1 aliphatic heterocycles. The molecule has 0 aromatic heterocycles. The van der Waals surface area contributed by atoms with Crippen LogP contribution in [0.5, 0.6) is 17.2 Å². The van der Waals surface area contributed by atoms with Crippen LogP contribution in [0.25, 0.3) is 0 Å². The van der Waals surface area contributed by atoms with Crippen molar-refractivity contribution >= 4 is 0 Å². The van der Waals surface area contributed by atoms with Crippen LogP contribution < -0.4 is 19.5 Å². The summed E-state index contributed by atoms with van der Waals surface area (Å²) in [6.45, 7) is 7.96. The Morgan fingerprint density at radius 1 is 1.04 bits per heavy atom. The zero-order chi connectivity index (χ0) is 17.7. The SMILES string of the molecule is COc1cc(OC)c([C@H](N2CCNCC2)C(C)(C)CO)cc1OC. The molecule has 0 radical (unpaired) electrons. The molecule has 1 fully saturated rings. The lowest BCUT2D eigenvalue weighted by Crippen LogP contribution is -2.49. The fraction of sp³-hybridized carbons (Fsp3) is 0.667. The van der Waals surface area contributed by atoms with Gasteiger partial charge in [-0.3, -0.25) is 4.90 Å². The first-order chi connectivity index (χ1) is 11.5. The van der Waals surface area contributed by atoms with Gasteiger partial charge in [-0.2, -0.15) is 0 Å². The van der Waals surface area contributed by atoms with E-state index < -0.39 is 0 Å². The second-order valence-electron chi connectivity index (χ2n) is 6.78. The highest BCUT2D eigenvalue weighted by atomic mass is 16.5. The summed E-state index contributed by atoms with van der Waals surface area (Å²) in [6, 6.07) is 3.85. The number of hydrogen-bond donors (Lipinski definition) is 2. The number of aliphatic hydroxyl groups is 1. The smallest absolute Gasteiger partial charge is 0.164 e. The standard InChI is InChI=1S/C18H30N2O4/c1-18(2,12-21)17(20-8-6-19-7-9-20)13-10-15(23-4)16(24-5)11-14(13)22-3/h10-11,17,19,21H,6-9,12H2,1-5H3/t17-/m0/s1. The van der Waals surface area contributed by atoms with E-state index in [1.807, 2.05) is 12.1 Å². The second kappa shape index (κ2) is 8.05. The molecule has 0 saturated carbocycles. The quantitative estimate of drug-likeness (QED) is 0.789. The van der Waals surface area contributed by atoms with Crippen molar-refractivity contribution < 1.29 is 19.3 Å². The van der Waals surface area contributed by atoms with E-state index in [9.17, 15) is 5.11 Å². The fourth-order valence-corrected chi connectivity index (χ4v) is 3.41. The molecule has 1 atom stereocenters. The maximum atomic E-state index is 10.0. The van der Waals surface area contributed by atoms with Crippen molar-refractivity contribution in [3.8, 4) is 17.2 Å². The predicted molar refractivity (Wildman–Crippen MR) is 94.1 cm³/mol. The number of aliphatic hydroxyl groups excluding tert-OH is 1.